The number of nitrogens with zero attached hydrogens (tertiary/aromatic N) is 2. The highest BCUT2D eigenvalue weighted by atomic mass is 32.2. The standard InChI is InChI=1S/C17H25N3O5S/c1-4-20(3)7-9(5-11(20)15(18)22)26-12-6-10-13(8(2)21)16(23)19(10)14(12)17(24)25/h8-11,13,21H,4-7H2,1-3H3,(H2-,18,22,24,25)/t8-,9+,10-,11+,13-,20?/m1/s1. The van der Waals surface area contributed by atoms with Crippen LogP contribution in [0.4, 0.5) is 0 Å². The summed E-state index contributed by atoms with van der Waals surface area (Å²) in [6.45, 7) is 5.01. The zero-order valence-electron chi connectivity index (χ0n) is 15.2. The van der Waals surface area contributed by atoms with E-state index in [1.807, 2.05) is 14.0 Å². The van der Waals surface area contributed by atoms with Gasteiger partial charge in [0.2, 0.25) is 5.91 Å². The number of carboxylic acids is 1. The van der Waals surface area contributed by atoms with Crippen molar-refractivity contribution >= 4 is 29.5 Å². The van der Waals surface area contributed by atoms with Crippen molar-refractivity contribution < 1.29 is 29.1 Å². The van der Waals surface area contributed by atoms with E-state index >= 15 is 0 Å². The zero-order chi connectivity index (χ0) is 19.4. The van der Waals surface area contributed by atoms with Gasteiger partial charge in [0.15, 0.2) is 6.04 Å². The molecule has 144 valence electrons. The van der Waals surface area contributed by atoms with E-state index < -0.39 is 18.0 Å². The SMILES string of the molecule is CC[N+]1(C)C[C@@H](SC2=C(C(=O)[O-])N3C(=O)[C@H]([C@@H](C)O)[C@H]3C2)C[C@H]1C(N)=O. The Morgan fingerprint density at radius 2 is 2.15 bits per heavy atom. The number of carbonyl (C=O) groups is 3. The second kappa shape index (κ2) is 6.54. The van der Waals surface area contributed by atoms with E-state index in [1.54, 1.807) is 6.92 Å². The van der Waals surface area contributed by atoms with E-state index in [9.17, 15) is 24.6 Å². The highest BCUT2D eigenvalue weighted by molar-refractivity contribution is 8.03. The molecule has 0 aromatic rings. The molecule has 2 saturated heterocycles. The molecule has 0 radical (unpaired) electrons. The Labute approximate surface area is 156 Å². The fourth-order valence-corrected chi connectivity index (χ4v) is 6.21. The molecule has 9 heteroatoms. The second-order valence-electron chi connectivity index (χ2n) is 7.68. The number of β-lactam (4-membered cyclic amide) rings is 1. The summed E-state index contributed by atoms with van der Waals surface area (Å²) >= 11 is 1.41. The lowest BCUT2D eigenvalue weighted by atomic mass is 9.83. The summed E-state index contributed by atoms with van der Waals surface area (Å²) < 4.78 is 0.531. The van der Waals surface area contributed by atoms with E-state index in [2.05, 4.69) is 0 Å². The highest BCUT2D eigenvalue weighted by Crippen LogP contribution is 2.49. The number of thioether (sulfide) groups is 1. The summed E-state index contributed by atoms with van der Waals surface area (Å²) in [7, 11) is 1.98. The molecule has 3 rings (SSSR count). The fourth-order valence-electron chi connectivity index (χ4n) is 4.56. The molecule has 26 heavy (non-hydrogen) atoms. The van der Waals surface area contributed by atoms with Crippen molar-refractivity contribution in [3.63, 3.8) is 0 Å². The largest absolute Gasteiger partial charge is 0.543 e. The molecular weight excluding hydrogens is 358 g/mol. The van der Waals surface area contributed by atoms with Gasteiger partial charge in [-0.3, -0.25) is 9.59 Å². The average Bonchev–Trinajstić information content (AvgIpc) is 3.03. The van der Waals surface area contributed by atoms with Crippen molar-refractivity contribution in [1.29, 1.82) is 0 Å². The molecule has 2 fully saturated rings. The third kappa shape index (κ3) is 2.82. The van der Waals surface area contributed by atoms with Gasteiger partial charge in [-0.25, -0.2) is 0 Å². The molecule has 3 aliphatic heterocycles. The summed E-state index contributed by atoms with van der Waals surface area (Å²) in [5.41, 5.74) is 5.48. The summed E-state index contributed by atoms with van der Waals surface area (Å²) in [5.74, 6) is -2.65. The minimum absolute atomic E-state index is 0.0422. The van der Waals surface area contributed by atoms with E-state index in [-0.39, 0.29) is 34.8 Å². The molecule has 8 nitrogen and oxygen atoms in total. The number of aliphatic carboxylic acids is 1. The number of carboxylic acid groups (broad SMARTS) is 1. The molecule has 0 bridgehead atoms. The van der Waals surface area contributed by atoms with Crippen LogP contribution in [-0.2, 0) is 14.4 Å². The molecule has 1 unspecified atom stereocenters. The number of hydrogen-bond acceptors (Lipinski definition) is 6. The Kier molecular flexibility index (Phi) is 4.83. The van der Waals surface area contributed by atoms with Gasteiger partial charge in [0.25, 0.3) is 5.91 Å². The minimum Gasteiger partial charge on any atom is -0.543 e. The van der Waals surface area contributed by atoms with Crippen molar-refractivity contribution in [2.45, 2.75) is 50.1 Å². The van der Waals surface area contributed by atoms with Crippen molar-refractivity contribution in [3.05, 3.63) is 10.6 Å². The summed E-state index contributed by atoms with van der Waals surface area (Å²) in [6.07, 6.45) is 0.164. The fraction of sp³-hybridized carbons (Fsp3) is 0.706. The summed E-state index contributed by atoms with van der Waals surface area (Å²) in [5, 5.41) is 21.5. The Hall–Kier alpha value is -1.58. The lowest BCUT2D eigenvalue weighted by Gasteiger charge is -2.45. The Morgan fingerprint density at radius 1 is 1.50 bits per heavy atom. The molecule has 0 aromatic heterocycles. The molecule has 0 aromatic carbocycles. The highest BCUT2D eigenvalue weighted by Gasteiger charge is 2.56. The van der Waals surface area contributed by atoms with Crippen LogP contribution in [0.1, 0.15) is 26.7 Å². The van der Waals surface area contributed by atoms with Crippen LogP contribution in [0.2, 0.25) is 0 Å². The minimum atomic E-state index is -1.37. The van der Waals surface area contributed by atoms with Gasteiger partial charge in [0.05, 0.1) is 55.1 Å². The Balaban J connectivity index is 1.81. The molecule has 2 amide bonds. The Morgan fingerprint density at radius 3 is 2.62 bits per heavy atom. The second-order valence-corrected chi connectivity index (χ2v) is 9.07. The molecule has 3 aliphatic rings. The third-order valence-corrected chi connectivity index (χ3v) is 7.42. The van der Waals surface area contributed by atoms with Gasteiger partial charge < -0.3 is 30.1 Å². The first-order valence-corrected chi connectivity index (χ1v) is 9.74. The van der Waals surface area contributed by atoms with Crippen LogP contribution >= 0.6 is 11.8 Å². The van der Waals surface area contributed by atoms with Gasteiger partial charge in [0.1, 0.15) is 0 Å². The van der Waals surface area contributed by atoms with Gasteiger partial charge in [-0.05, 0) is 13.8 Å². The summed E-state index contributed by atoms with van der Waals surface area (Å²) in [4.78, 5) is 37.5. The van der Waals surface area contributed by atoms with Crippen molar-refractivity contribution in [2.75, 3.05) is 20.1 Å². The van der Waals surface area contributed by atoms with Gasteiger partial charge in [0, 0.05) is 17.7 Å². The molecule has 0 saturated carbocycles. The lowest BCUT2D eigenvalue weighted by molar-refractivity contribution is -0.910. The van der Waals surface area contributed by atoms with E-state index in [0.29, 0.717) is 28.8 Å². The predicted octanol–water partition coefficient (Wildman–Crippen LogP) is -1.61. The van der Waals surface area contributed by atoms with Crippen LogP contribution in [0.25, 0.3) is 0 Å². The number of amides is 2. The van der Waals surface area contributed by atoms with Crippen molar-refractivity contribution in [3.8, 4) is 0 Å². The van der Waals surface area contributed by atoms with Crippen LogP contribution in [0.5, 0.6) is 0 Å². The Bertz CT molecular complexity index is 694. The van der Waals surface area contributed by atoms with Gasteiger partial charge >= 0.3 is 0 Å². The smallest absolute Gasteiger partial charge is 0.275 e. The predicted molar refractivity (Wildman–Crippen MR) is 93.0 cm³/mol. The number of quaternary nitrogens is 1. The molecular formula is C17H25N3O5S. The molecule has 3 N–H and O–H groups in total. The number of aliphatic hydroxyl groups excluding tert-OH is 1. The van der Waals surface area contributed by atoms with Crippen LogP contribution in [0.3, 0.4) is 0 Å². The van der Waals surface area contributed by atoms with E-state index in [1.165, 1.54) is 16.7 Å². The number of fused-ring (bicyclic) bond motifs is 1. The number of likely N-dealkylation sites (N-methyl/N-ethyl adjacent to an activating group) is 1. The maximum absolute atomic E-state index is 12.2. The molecule has 3 heterocycles. The lowest BCUT2D eigenvalue weighted by Crippen LogP contribution is -2.62. The van der Waals surface area contributed by atoms with Crippen LogP contribution in [0.15, 0.2) is 10.6 Å². The quantitative estimate of drug-likeness (QED) is 0.420. The monoisotopic (exact) mass is 383 g/mol. The third-order valence-electron chi connectivity index (χ3n) is 6.10. The zero-order valence-corrected chi connectivity index (χ0v) is 16.0. The van der Waals surface area contributed by atoms with Crippen LogP contribution in [-0.4, -0.2) is 75.8 Å². The normalized spacial score (nSPS) is 37.5. The first kappa shape index (κ1) is 19.2. The van der Waals surface area contributed by atoms with E-state index in [4.69, 9.17) is 5.73 Å². The van der Waals surface area contributed by atoms with Crippen molar-refractivity contribution in [1.82, 2.24) is 4.90 Å². The number of carbonyl (C=O) groups excluding carboxylic acids is 3. The number of hydrogen-bond donors (Lipinski definition) is 2. The number of likely N-dealkylation sites (tertiary alicyclic amines) is 1. The maximum Gasteiger partial charge on any atom is 0.275 e. The first-order chi connectivity index (χ1) is 12.1. The van der Waals surface area contributed by atoms with Gasteiger partial charge in [-0.15, -0.1) is 11.8 Å². The molecule has 6 atom stereocenters. The average molecular weight is 383 g/mol. The topological polar surface area (TPSA) is 124 Å². The first-order valence-electron chi connectivity index (χ1n) is 8.86. The number of primary amides is 1. The van der Waals surface area contributed by atoms with Crippen LogP contribution in [0, 0.1) is 5.92 Å². The van der Waals surface area contributed by atoms with Gasteiger partial charge in [-0.2, -0.15) is 0 Å². The molecule has 0 spiro atoms. The summed E-state index contributed by atoms with van der Waals surface area (Å²) in [6, 6.07) is -0.618. The maximum atomic E-state index is 12.2. The number of nitrogens with two attached hydrogens (primary N) is 1. The number of aliphatic hydroxyl groups is 1. The van der Waals surface area contributed by atoms with Crippen LogP contribution < -0.4 is 10.8 Å². The van der Waals surface area contributed by atoms with E-state index in [0.717, 1.165) is 6.54 Å². The molecule has 0 aliphatic carbocycles. The van der Waals surface area contributed by atoms with Gasteiger partial charge in [-0.1, -0.05) is 0 Å². The number of rotatable bonds is 6. The van der Waals surface area contributed by atoms with Crippen molar-refractivity contribution in [2.24, 2.45) is 11.7 Å².